The van der Waals surface area contributed by atoms with Crippen molar-refractivity contribution in [2.24, 2.45) is 0 Å². The van der Waals surface area contributed by atoms with Crippen molar-refractivity contribution in [3.8, 4) is 11.5 Å². The van der Waals surface area contributed by atoms with Gasteiger partial charge in [-0.25, -0.2) is 0 Å². The minimum atomic E-state index is -0.671. The molecule has 1 aliphatic carbocycles. The van der Waals surface area contributed by atoms with Crippen molar-refractivity contribution in [1.82, 2.24) is 10.2 Å². The summed E-state index contributed by atoms with van der Waals surface area (Å²) in [5.74, 6) is 0.913. The zero-order valence-corrected chi connectivity index (χ0v) is 23.4. The summed E-state index contributed by atoms with van der Waals surface area (Å²) in [6.07, 6.45) is 5.81. The van der Waals surface area contributed by atoms with Crippen LogP contribution in [0, 0.1) is 0 Å². The first-order valence-corrected chi connectivity index (χ1v) is 14.0. The maximum absolute atomic E-state index is 13.8. The van der Waals surface area contributed by atoms with Crippen LogP contribution in [0.1, 0.15) is 43.2 Å². The number of benzene rings is 3. The summed E-state index contributed by atoms with van der Waals surface area (Å²) in [6.45, 7) is 0.124. The molecule has 0 spiro atoms. The third kappa shape index (κ3) is 8.09. The largest absolute Gasteiger partial charge is 0.497 e. The number of hydrogen-bond donors (Lipinski definition) is 1. The van der Waals surface area contributed by atoms with Crippen LogP contribution < -0.4 is 14.8 Å². The van der Waals surface area contributed by atoms with E-state index in [1.54, 1.807) is 36.3 Å². The molecule has 38 heavy (non-hydrogen) atoms. The number of amides is 2. The molecule has 1 N–H and O–H groups in total. The van der Waals surface area contributed by atoms with Gasteiger partial charge in [-0.3, -0.25) is 9.59 Å². The summed E-state index contributed by atoms with van der Waals surface area (Å²) < 4.78 is 12.0. The maximum Gasteiger partial charge on any atom is 0.261 e. The van der Waals surface area contributed by atoms with Gasteiger partial charge in [-0.05, 0) is 60.4 Å². The van der Waals surface area contributed by atoms with Crippen LogP contribution in [0.25, 0.3) is 0 Å². The van der Waals surface area contributed by atoms with Crippen LogP contribution in [-0.4, -0.2) is 42.5 Å². The third-order valence-corrected chi connectivity index (χ3v) is 7.44. The van der Waals surface area contributed by atoms with Gasteiger partial charge in [0.2, 0.25) is 5.91 Å². The second kappa shape index (κ2) is 14.0. The zero-order valence-electron chi connectivity index (χ0n) is 21.8. The van der Waals surface area contributed by atoms with E-state index in [-0.39, 0.29) is 24.5 Å². The Labute approximate surface area is 233 Å². The van der Waals surface area contributed by atoms with Gasteiger partial charge >= 0.3 is 0 Å². The van der Waals surface area contributed by atoms with Crippen molar-refractivity contribution in [2.45, 2.75) is 57.2 Å². The molecule has 200 valence electrons. The first-order valence-electron chi connectivity index (χ1n) is 13.2. The molecule has 0 saturated heterocycles. The highest BCUT2D eigenvalue weighted by Crippen LogP contribution is 2.21. The van der Waals surface area contributed by atoms with Gasteiger partial charge in [0.25, 0.3) is 5.91 Å². The van der Waals surface area contributed by atoms with Crippen molar-refractivity contribution >= 4 is 27.7 Å². The number of ether oxygens (including phenoxy) is 2. The van der Waals surface area contributed by atoms with E-state index in [2.05, 4.69) is 21.2 Å². The molecule has 3 aromatic carbocycles. The number of nitrogens with one attached hydrogen (secondary N) is 1. The van der Waals surface area contributed by atoms with Crippen LogP contribution in [0.5, 0.6) is 11.5 Å². The molecule has 0 aromatic heterocycles. The molecule has 0 aliphatic heterocycles. The number of carbonyl (C=O) groups is 2. The average Bonchev–Trinajstić information content (AvgIpc) is 2.96. The number of rotatable bonds is 11. The molecular formula is C31H35BrN2O4. The first-order chi connectivity index (χ1) is 18.5. The quantitative estimate of drug-likeness (QED) is 0.306. The Morgan fingerprint density at radius 2 is 1.55 bits per heavy atom. The Balaban J connectivity index is 1.58. The van der Waals surface area contributed by atoms with Crippen LogP contribution in [-0.2, 0) is 22.6 Å². The summed E-state index contributed by atoms with van der Waals surface area (Å²) >= 11 is 3.48. The molecule has 1 fully saturated rings. The molecule has 0 heterocycles. The summed E-state index contributed by atoms with van der Waals surface area (Å²) in [5.41, 5.74) is 1.94. The summed E-state index contributed by atoms with van der Waals surface area (Å²) in [5, 5.41) is 3.26. The van der Waals surface area contributed by atoms with Gasteiger partial charge in [0, 0.05) is 23.5 Å². The first kappa shape index (κ1) is 27.7. The van der Waals surface area contributed by atoms with Crippen LogP contribution in [0.15, 0.2) is 83.3 Å². The van der Waals surface area contributed by atoms with E-state index in [4.69, 9.17) is 9.47 Å². The summed E-state index contributed by atoms with van der Waals surface area (Å²) in [4.78, 5) is 29.2. The van der Waals surface area contributed by atoms with Gasteiger partial charge in [0.1, 0.15) is 17.5 Å². The molecule has 1 saturated carbocycles. The Morgan fingerprint density at radius 1 is 0.895 bits per heavy atom. The van der Waals surface area contributed by atoms with Gasteiger partial charge < -0.3 is 19.7 Å². The number of methoxy groups -OCH3 is 1. The van der Waals surface area contributed by atoms with E-state index in [1.807, 2.05) is 54.6 Å². The molecule has 0 bridgehead atoms. The van der Waals surface area contributed by atoms with Gasteiger partial charge in [-0.2, -0.15) is 0 Å². The molecule has 1 aliphatic rings. The SMILES string of the molecule is COc1ccc(OCC(=O)N(Cc2ccc(Br)cc2)[C@@H](Cc2ccccc2)C(=O)NC2CCCCC2)cc1. The standard InChI is InChI=1S/C31H35BrN2O4/c1-37-27-16-18-28(19-17-27)38-22-30(35)34(21-24-12-14-25(32)15-13-24)29(20-23-8-4-2-5-9-23)31(36)33-26-10-6-3-7-11-26/h2,4-5,8-9,12-19,26,29H,3,6-7,10-11,20-22H2,1H3,(H,33,36)/t29-/m0/s1. The molecule has 2 amide bonds. The molecule has 6 nitrogen and oxygen atoms in total. The number of hydrogen-bond acceptors (Lipinski definition) is 4. The fraction of sp³-hybridized carbons (Fsp3) is 0.355. The Bertz CT molecular complexity index is 1160. The highest BCUT2D eigenvalue weighted by atomic mass is 79.9. The zero-order chi connectivity index (χ0) is 26.7. The molecule has 7 heteroatoms. The Hall–Kier alpha value is -3.32. The molecule has 0 unspecified atom stereocenters. The van der Waals surface area contributed by atoms with Gasteiger partial charge in [-0.15, -0.1) is 0 Å². The van der Waals surface area contributed by atoms with Crippen LogP contribution >= 0.6 is 15.9 Å². The minimum absolute atomic E-state index is 0.115. The Kier molecular flexibility index (Phi) is 10.2. The topological polar surface area (TPSA) is 67.9 Å². The van der Waals surface area contributed by atoms with Crippen molar-refractivity contribution in [2.75, 3.05) is 13.7 Å². The number of nitrogens with zero attached hydrogens (tertiary/aromatic N) is 1. The Morgan fingerprint density at radius 3 is 2.21 bits per heavy atom. The minimum Gasteiger partial charge on any atom is -0.497 e. The van der Waals surface area contributed by atoms with E-state index < -0.39 is 6.04 Å². The summed E-state index contributed by atoms with van der Waals surface area (Å²) in [7, 11) is 1.60. The van der Waals surface area contributed by atoms with Crippen molar-refractivity contribution in [3.05, 3.63) is 94.5 Å². The maximum atomic E-state index is 13.8. The molecule has 4 rings (SSSR count). The second-order valence-corrected chi connectivity index (χ2v) is 10.6. The van der Waals surface area contributed by atoms with Gasteiger partial charge in [0.15, 0.2) is 6.61 Å². The van der Waals surface area contributed by atoms with Gasteiger partial charge in [0.05, 0.1) is 7.11 Å². The lowest BCUT2D eigenvalue weighted by molar-refractivity contribution is -0.143. The fourth-order valence-electron chi connectivity index (χ4n) is 4.78. The van der Waals surface area contributed by atoms with Crippen molar-refractivity contribution in [3.63, 3.8) is 0 Å². The third-order valence-electron chi connectivity index (χ3n) is 6.91. The van der Waals surface area contributed by atoms with E-state index in [1.165, 1.54) is 6.42 Å². The molecule has 0 radical (unpaired) electrons. The highest BCUT2D eigenvalue weighted by Gasteiger charge is 2.32. The van der Waals surface area contributed by atoms with E-state index in [9.17, 15) is 9.59 Å². The normalized spacial score (nSPS) is 14.4. The lowest BCUT2D eigenvalue weighted by Gasteiger charge is -2.33. The smallest absolute Gasteiger partial charge is 0.261 e. The fourth-order valence-corrected chi connectivity index (χ4v) is 5.05. The second-order valence-electron chi connectivity index (χ2n) is 9.66. The van der Waals surface area contributed by atoms with Crippen LogP contribution in [0.3, 0.4) is 0 Å². The molecular weight excluding hydrogens is 544 g/mol. The highest BCUT2D eigenvalue weighted by molar-refractivity contribution is 9.10. The van der Waals surface area contributed by atoms with E-state index >= 15 is 0 Å². The number of halogens is 1. The van der Waals surface area contributed by atoms with Crippen molar-refractivity contribution < 1.29 is 19.1 Å². The number of carbonyl (C=O) groups excluding carboxylic acids is 2. The van der Waals surface area contributed by atoms with Crippen molar-refractivity contribution in [1.29, 1.82) is 0 Å². The van der Waals surface area contributed by atoms with E-state index in [0.717, 1.165) is 41.3 Å². The lowest BCUT2D eigenvalue weighted by atomic mass is 9.94. The summed E-state index contributed by atoms with van der Waals surface area (Å²) in [6, 6.07) is 24.3. The molecule has 1 atom stereocenters. The monoisotopic (exact) mass is 578 g/mol. The van der Waals surface area contributed by atoms with E-state index in [0.29, 0.717) is 24.5 Å². The average molecular weight is 580 g/mol. The molecule has 3 aromatic rings. The van der Waals surface area contributed by atoms with Crippen LogP contribution in [0.4, 0.5) is 0 Å². The predicted molar refractivity (Wildman–Crippen MR) is 152 cm³/mol. The van der Waals surface area contributed by atoms with Gasteiger partial charge in [-0.1, -0.05) is 77.7 Å². The van der Waals surface area contributed by atoms with Crippen LogP contribution in [0.2, 0.25) is 0 Å². The predicted octanol–water partition coefficient (Wildman–Crippen LogP) is 5.93. The lowest BCUT2D eigenvalue weighted by Crippen LogP contribution is -2.53.